The van der Waals surface area contributed by atoms with Crippen molar-refractivity contribution in [3.63, 3.8) is 0 Å². The monoisotopic (exact) mass is 360 g/mol. The molecule has 0 radical (unpaired) electrons. The van der Waals surface area contributed by atoms with Crippen LogP contribution in [0.25, 0.3) is 10.6 Å². The second-order valence-electron chi connectivity index (χ2n) is 5.35. The van der Waals surface area contributed by atoms with Crippen LogP contribution >= 0.6 is 22.7 Å². The van der Waals surface area contributed by atoms with Crippen molar-refractivity contribution in [2.24, 2.45) is 0 Å². The van der Waals surface area contributed by atoms with Gasteiger partial charge in [-0.3, -0.25) is 4.79 Å². The summed E-state index contributed by atoms with van der Waals surface area (Å²) in [5.41, 5.74) is 1.48. The molecule has 2 aromatic heterocycles. The first-order valence-corrected chi connectivity index (χ1v) is 9.33. The third-order valence-corrected chi connectivity index (χ3v) is 5.48. The molecule has 0 fully saturated rings. The van der Waals surface area contributed by atoms with Gasteiger partial charge >= 0.3 is 0 Å². The van der Waals surface area contributed by atoms with Gasteiger partial charge < -0.3 is 5.32 Å². The molecule has 0 unspecified atom stereocenters. The van der Waals surface area contributed by atoms with Gasteiger partial charge in [0.2, 0.25) is 5.91 Å². The summed E-state index contributed by atoms with van der Waals surface area (Å²) in [7, 11) is 0. The largest absolute Gasteiger partial charge is 0.352 e. The van der Waals surface area contributed by atoms with Crippen LogP contribution in [0.4, 0.5) is 4.39 Å². The molecule has 0 atom stereocenters. The molecule has 1 N–H and O–H groups in total. The number of aryl methyl sites for hydroxylation is 2. The minimum Gasteiger partial charge on any atom is -0.352 e. The predicted octanol–water partition coefficient (Wildman–Crippen LogP) is 4.57. The quantitative estimate of drug-likeness (QED) is 0.700. The molecule has 0 saturated carbocycles. The van der Waals surface area contributed by atoms with E-state index in [1.807, 2.05) is 24.4 Å². The number of aromatic nitrogens is 1. The lowest BCUT2D eigenvalue weighted by molar-refractivity contribution is -0.121. The zero-order valence-corrected chi connectivity index (χ0v) is 14.8. The first-order chi connectivity index (χ1) is 11.6. The van der Waals surface area contributed by atoms with Gasteiger partial charge in [0, 0.05) is 23.4 Å². The van der Waals surface area contributed by atoms with Crippen LogP contribution in [-0.4, -0.2) is 10.9 Å². The summed E-state index contributed by atoms with van der Waals surface area (Å²) in [4.78, 5) is 18.9. The number of hydrogen-bond acceptors (Lipinski definition) is 4. The zero-order chi connectivity index (χ0) is 16.9. The van der Waals surface area contributed by atoms with E-state index in [2.05, 4.69) is 10.3 Å². The van der Waals surface area contributed by atoms with Gasteiger partial charge in [-0.05, 0) is 30.9 Å². The number of hydrogen-bond donors (Lipinski definition) is 1. The van der Waals surface area contributed by atoms with Gasteiger partial charge in [-0.25, -0.2) is 9.37 Å². The van der Waals surface area contributed by atoms with Crippen LogP contribution in [0.5, 0.6) is 0 Å². The maximum absolute atomic E-state index is 13.5. The Morgan fingerprint density at radius 3 is 2.83 bits per heavy atom. The smallest absolute Gasteiger partial charge is 0.220 e. The fourth-order valence-corrected chi connectivity index (χ4v) is 4.15. The Kier molecular flexibility index (Phi) is 5.37. The van der Waals surface area contributed by atoms with Gasteiger partial charge in [-0.2, -0.15) is 0 Å². The average Bonchev–Trinajstić information content (AvgIpc) is 3.21. The number of amides is 1. The van der Waals surface area contributed by atoms with Crippen LogP contribution in [0.1, 0.15) is 21.9 Å². The van der Waals surface area contributed by atoms with Crippen LogP contribution in [0.3, 0.4) is 0 Å². The van der Waals surface area contributed by atoms with Crippen LogP contribution in [0.15, 0.2) is 41.8 Å². The van der Waals surface area contributed by atoms with E-state index in [1.165, 1.54) is 6.07 Å². The molecule has 3 nitrogen and oxygen atoms in total. The molecule has 0 bridgehead atoms. The van der Waals surface area contributed by atoms with Gasteiger partial charge in [0.15, 0.2) is 0 Å². The Bertz CT molecular complexity index is 827. The maximum Gasteiger partial charge on any atom is 0.220 e. The van der Waals surface area contributed by atoms with Gasteiger partial charge in [0.05, 0.1) is 15.6 Å². The van der Waals surface area contributed by atoms with E-state index in [0.717, 1.165) is 20.5 Å². The molecule has 0 spiro atoms. The highest BCUT2D eigenvalue weighted by Crippen LogP contribution is 2.31. The molecule has 0 saturated heterocycles. The molecular weight excluding hydrogens is 343 g/mol. The minimum atomic E-state index is -0.295. The molecule has 24 heavy (non-hydrogen) atoms. The van der Waals surface area contributed by atoms with Crippen molar-refractivity contribution < 1.29 is 9.18 Å². The number of thiophene rings is 1. The third-order valence-electron chi connectivity index (χ3n) is 3.57. The standard InChI is InChI=1S/C18H17FN2OS2/c1-12-21-18(15-7-4-10-23-15)16(24-12)8-9-17(22)20-11-13-5-2-3-6-14(13)19/h2-7,10H,8-9,11H2,1H3,(H,20,22). The summed E-state index contributed by atoms with van der Waals surface area (Å²) in [5, 5.41) is 5.80. The number of nitrogens with zero attached hydrogens (tertiary/aromatic N) is 1. The molecule has 1 amide bonds. The van der Waals surface area contributed by atoms with Gasteiger partial charge in [0.25, 0.3) is 0 Å². The lowest BCUT2D eigenvalue weighted by Gasteiger charge is -2.06. The number of carbonyl (C=O) groups excluding carboxylic acids is 1. The third kappa shape index (κ3) is 4.07. The van der Waals surface area contributed by atoms with Gasteiger partial charge in [-0.15, -0.1) is 22.7 Å². The van der Waals surface area contributed by atoms with E-state index < -0.39 is 0 Å². The number of carbonyl (C=O) groups is 1. The van der Waals surface area contributed by atoms with Crippen molar-refractivity contribution in [3.05, 3.63) is 63.0 Å². The molecule has 1 aromatic carbocycles. The average molecular weight is 360 g/mol. The lowest BCUT2D eigenvalue weighted by atomic mass is 10.2. The topological polar surface area (TPSA) is 42.0 Å². The van der Waals surface area contributed by atoms with E-state index in [1.54, 1.807) is 40.9 Å². The number of rotatable bonds is 6. The van der Waals surface area contributed by atoms with Crippen LogP contribution in [0, 0.1) is 12.7 Å². The second-order valence-corrected chi connectivity index (χ2v) is 7.59. The number of halogens is 1. The number of thiazole rings is 1. The number of nitrogens with one attached hydrogen (secondary N) is 1. The summed E-state index contributed by atoms with van der Waals surface area (Å²) < 4.78 is 13.5. The van der Waals surface area contributed by atoms with Crippen LogP contribution in [0.2, 0.25) is 0 Å². The van der Waals surface area contributed by atoms with Gasteiger partial charge in [0.1, 0.15) is 5.82 Å². The van der Waals surface area contributed by atoms with Crippen molar-refractivity contribution in [1.82, 2.24) is 10.3 Å². The molecule has 3 rings (SSSR count). The van der Waals surface area contributed by atoms with Crippen molar-refractivity contribution in [1.29, 1.82) is 0 Å². The normalized spacial score (nSPS) is 10.8. The molecule has 2 heterocycles. The van der Waals surface area contributed by atoms with E-state index in [4.69, 9.17) is 0 Å². The Labute approximate surface area is 148 Å². The van der Waals surface area contributed by atoms with Crippen LogP contribution in [-0.2, 0) is 17.8 Å². The number of benzene rings is 1. The van der Waals surface area contributed by atoms with E-state index in [9.17, 15) is 9.18 Å². The first-order valence-electron chi connectivity index (χ1n) is 7.64. The fourth-order valence-electron chi connectivity index (χ4n) is 2.40. The second kappa shape index (κ2) is 7.68. The minimum absolute atomic E-state index is 0.0820. The SMILES string of the molecule is Cc1nc(-c2cccs2)c(CCC(=O)NCc2ccccc2F)s1. The fraction of sp³-hybridized carbons (Fsp3) is 0.222. The summed E-state index contributed by atoms with van der Waals surface area (Å²) in [5.74, 6) is -0.378. The molecule has 0 aliphatic carbocycles. The highest BCUT2D eigenvalue weighted by atomic mass is 32.1. The van der Waals surface area contributed by atoms with Crippen LogP contribution < -0.4 is 5.32 Å². The molecular formula is C18H17FN2OS2. The molecule has 6 heteroatoms. The zero-order valence-electron chi connectivity index (χ0n) is 13.2. The van der Waals surface area contributed by atoms with Crippen molar-refractivity contribution in [2.45, 2.75) is 26.3 Å². The molecule has 3 aromatic rings. The Morgan fingerprint density at radius 2 is 2.08 bits per heavy atom. The summed E-state index contributed by atoms with van der Waals surface area (Å²) in [6.07, 6.45) is 1.01. The van der Waals surface area contributed by atoms with E-state index in [0.29, 0.717) is 18.4 Å². The Balaban J connectivity index is 1.58. The van der Waals surface area contributed by atoms with Crippen molar-refractivity contribution in [2.75, 3.05) is 0 Å². The molecule has 0 aliphatic rings. The van der Waals surface area contributed by atoms with Crippen molar-refractivity contribution in [3.8, 4) is 10.6 Å². The van der Waals surface area contributed by atoms with E-state index >= 15 is 0 Å². The maximum atomic E-state index is 13.5. The summed E-state index contributed by atoms with van der Waals surface area (Å²) in [6, 6.07) is 10.5. The highest BCUT2D eigenvalue weighted by Gasteiger charge is 2.13. The molecule has 0 aliphatic heterocycles. The lowest BCUT2D eigenvalue weighted by Crippen LogP contribution is -2.23. The van der Waals surface area contributed by atoms with Crippen molar-refractivity contribution >= 4 is 28.6 Å². The molecule has 124 valence electrons. The predicted molar refractivity (Wildman–Crippen MR) is 96.7 cm³/mol. The highest BCUT2D eigenvalue weighted by molar-refractivity contribution is 7.15. The van der Waals surface area contributed by atoms with E-state index in [-0.39, 0.29) is 18.3 Å². The van der Waals surface area contributed by atoms with Gasteiger partial charge in [-0.1, -0.05) is 24.3 Å². The Morgan fingerprint density at radius 1 is 1.25 bits per heavy atom. The Hall–Kier alpha value is -2.05. The summed E-state index contributed by atoms with van der Waals surface area (Å²) >= 11 is 3.28. The summed E-state index contributed by atoms with van der Waals surface area (Å²) in [6.45, 7) is 2.19. The first kappa shape index (κ1) is 16.8.